The van der Waals surface area contributed by atoms with Gasteiger partial charge in [-0.05, 0) is 12.1 Å². The molecule has 3 rings (SSSR count). The van der Waals surface area contributed by atoms with Gasteiger partial charge in [0.15, 0.2) is 0 Å². The Balaban J connectivity index is 1.75. The van der Waals surface area contributed by atoms with Crippen LogP contribution >= 0.6 is 11.6 Å². The van der Waals surface area contributed by atoms with Gasteiger partial charge in [0.05, 0.1) is 5.92 Å². The van der Waals surface area contributed by atoms with Crippen LogP contribution in [0.1, 0.15) is 18.2 Å². The molecule has 1 saturated heterocycles. The van der Waals surface area contributed by atoms with Crippen molar-refractivity contribution >= 4 is 17.5 Å². The van der Waals surface area contributed by atoms with Gasteiger partial charge < -0.3 is 9.42 Å². The standard InChI is InChI=1S/C14H11ClF3N3O2/c15-10-3-1-2-8(4-10)12-19-13(23-20-12)9-5-11(22)21(6-9)7-14(16,17)18/h1-4,9H,5-7H2. The van der Waals surface area contributed by atoms with E-state index in [1.54, 1.807) is 24.3 Å². The molecule has 5 nitrogen and oxygen atoms in total. The fourth-order valence-electron chi connectivity index (χ4n) is 2.45. The molecule has 9 heteroatoms. The summed E-state index contributed by atoms with van der Waals surface area (Å²) < 4.78 is 42.4. The number of benzene rings is 1. The predicted molar refractivity (Wildman–Crippen MR) is 74.7 cm³/mol. The van der Waals surface area contributed by atoms with Crippen LogP contribution in [0.25, 0.3) is 11.4 Å². The zero-order chi connectivity index (χ0) is 16.6. The van der Waals surface area contributed by atoms with E-state index in [1.165, 1.54) is 0 Å². The maximum atomic E-state index is 12.4. The Labute approximate surface area is 134 Å². The van der Waals surface area contributed by atoms with Crippen molar-refractivity contribution in [2.24, 2.45) is 0 Å². The molecule has 1 aliphatic heterocycles. The third kappa shape index (κ3) is 3.64. The van der Waals surface area contributed by atoms with Crippen LogP contribution in [-0.2, 0) is 4.79 Å². The highest BCUT2D eigenvalue weighted by molar-refractivity contribution is 6.30. The molecular weight excluding hydrogens is 335 g/mol. The molecular formula is C14H11ClF3N3O2. The molecule has 1 unspecified atom stereocenters. The lowest BCUT2D eigenvalue weighted by atomic mass is 10.1. The second-order valence-electron chi connectivity index (χ2n) is 5.26. The molecule has 1 amide bonds. The van der Waals surface area contributed by atoms with E-state index >= 15 is 0 Å². The summed E-state index contributed by atoms with van der Waals surface area (Å²) in [7, 11) is 0. The third-order valence-electron chi connectivity index (χ3n) is 3.46. The number of aromatic nitrogens is 2. The summed E-state index contributed by atoms with van der Waals surface area (Å²) in [5.74, 6) is -0.678. The summed E-state index contributed by atoms with van der Waals surface area (Å²) in [6.07, 6.45) is -4.50. The van der Waals surface area contributed by atoms with E-state index in [1.807, 2.05) is 0 Å². The quantitative estimate of drug-likeness (QED) is 0.856. The molecule has 2 aromatic rings. The van der Waals surface area contributed by atoms with Gasteiger partial charge in [-0.1, -0.05) is 28.9 Å². The van der Waals surface area contributed by atoms with Gasteiger partial charge in [0.2, 0.25) is 17.6 Å². The third-order valence-corrected chi connectivity index (χ3v) is 3.69. The molecule has 0 aliphatic carbocycles. The van der Waals surface area contributed by atoms with E-state index in [-0.39, 0.29) is 24.7 Å². The minimum absolute atomic E-state index is 0.0761. The first-order valence-electron chi connectivity index (χ1n) is 6.76. The number of hydrogen-bond acceptors (Lipinski definition) is 4. The molecule has 1 fully saturated rings. The van der Waals surface area contributed by atoms with Crippen molar-refractivity contribution in [2.45, 2.75) is 18.5 Å². The van der Waals surface area contributed by atoms with Crippen LogP contribution in [0.3, 0.4) is 0 Å². The summed E-state index contributed by atoms with van der Waals surface area (Å²) in [4.78, 5) is 16.6. The summed E-state index contributed by atoms with van der Waals surface area (Å²) in [6.45, 7) is -1.35. The molecule has 0 bridgehead atoms. The molecule has 23 heavy (non-hydrogen) atoms. The molecule has 1 aromatic heterocycles. The van der Waals surface area contributed by atoms with Crippen LogP contribution in [-0.4, -0.2) is 40.2 Å². The van der Waals surface area contributed by atoms with Gasteiger partial charge in [0, 0.05) is 23.6 Å². The Hall–Kier alpha value is -2.09. The van der Waals surface area contributed by atoms with Crippen LogP contribution in [0.5, 0.6) is 0 Å². The number of alkyl halides is 3. The Morgan fingerprint density at radius 1 is 1.39 bits per heavy atom. The van der Waals surface area contributed by atoms with Gasteiger partial charge in [-0.25, -0.2) is 0 Å². The lowest BCUT2D eigenvalue weighted by Crippen LogP contribution is -2.35. The van der Waals surface area contributed by atoms with Crippen molar-refractivity contribution in [2.75, 3.05) is 13.1 Å². The van der Waals surface area contributed by atoms with E-state index in [0.29, 0.717) is 10.6 Å². The molecule has 1 atom stereocenters. The lowest BCUT2D eigenvalue weighted by Gasteiger charge is -2.17. The van der Waals surface area contributed by atoms with Gasteiger partial charge >= 0.3 is 6.18 Å². The second-order valence-corrected chi connectivity index (χ2v) is 5.69. The molecule has 0 N–H and O–H groups in total. The minimum Gasteiger partial charge on any atom is -0.339 e. The Kier molecular flexibility index (Phi) is 4.01. The zero-order valence-corrected chi connectivity index (χ0v) is 12.4. The average molecular weight is 346 g/mol. The monoisotopic (exact) mass is 345 g/mol. The second kappa shape index (κ2) is 5.84. The van der Waals surface area contributed by atoms with Crippen molar-refractivity contribution < 1.29 is 22.5 Å². The van der Waals surface area contributed by atoms with Crippen LogP contribution in [0.15, 0.2) is 28.8 Å². The number of nitrogens with zero attached hydrogens (tertiary/aromatic N) is 3. The number of carbonyl (C=O) groups is 1. The predicted octanol–water partition coefficient (Wildman–Crippen LogP) is 3.27. The SMILES string of the molecule is O=C1CC(c2nc(-c3cccc(Cl)c3)no2)CN1CC(F)(F)F. The van der Waals surface area contributed by atoms with Crippen molar-refractivity contribution in [1.82, 2.24) is 15.0 Å². The highest BCUT2D eigenvalue weighted by atomic mass is 35.5. The van der Waals surface area contributed by atoms with E-state index in [0.717, 1.165) is 4.90 Å². The summed E-state index contributed by atoms with van der Waals surface area (Å²) >= 11 is 5.88. The average Bonchev–Trinajstić information content (AvgIpc) is 3.05. The number of amides is 1. The molecule has 0 saturated carbocycles. The molecule has 2 heterocycles. The van der Waals surface area contributed by atoms with E-state index in [2.05, 4.69) is 10.1 Å². The number of halogens is 4. The van der Waals surface area contributed by atoms with Gasteiger partial charge in [-0.2, -0.15) is 18.2 Å². The number of hydrogen-bond donors (Lipinski definition) is 0. The van der Waals surface area contributed by atoms with Gasteiger partial charge in [0.1, 0.15) is 6.54 Å². The molecule has 0 radical (unpaired) electrons. The highest BCUT2D eigenvalue weighted by Crippen LogP contribution is 2.31. The Bertz CT molecular complexity index is 732. The fraction of sp³-hybridized carbons (Fsp3) is 0.357. The maximum absolute atomic E-state index is 12.4. The first kappa shape index (κ1) is 15.8. The molecule has 1 aromatic carbocycles. The van der Waals surface area contributed by atoms with Gasteiger partial charge in [-0.3, -0.25) is 4.79 Å². The van der Waals surface area contributed by atoms with Crippen LogP contribution in [0.2, 0.25) is 5.02 Å². The zero-order valence-electron chi connectivity index (χ0n) is 11.7. The molecule has 122 valence electrons. The van der Waals surface area contributed by atoms with E-state index in [4.69, 9.17) is 16.1 Å². The highest BCUT2D eigenvalue weighted by Gasteiger charge is 2.40. The number of carbonyl (C=O) groups excluding carboxylic acids is 1. The number of rotatable bonds is 3. The van der Waals surface area contributed by atoms with Crippen LogP contribution in [0, 0.1) is 0 Å². The molecule has 1 aliphatic rings. The first-order chi connectivity index (χ1) is 10.8. The normalized spacial score (nSPS) is 18.7. The Morgan fingerprint density at radius 3 is 2.87 bits per heavy atom. The lowest BCUT2D eigenvalue weighted by molar-refractivity contribution is -0.157. The Morgan fingerprint density at radius 2 is 2.17 bits per heavy atom. The van der Waals surface area contributed by atoms with Gasteiger partial charge in [-0.15, -0.1) is 0 Å². The van der Waals surface area contributed by atoms with Crippen molar-refractivity contribution in [3.63, 3.8) is 0 Å². The first-order valence-corrected chi connectivity index (χ1v) is 7.14. The van der Waals surface area contributed by atoms with Crippen molar-refractivity contribution in [3.05, 3.63) is 35.2 Å². The fourth-order valence-corrected chi connectivity index (χ4v) is 2.64. The van der Waals surface area contributed by atoms with Crippen LogP contribution in [0.4, 0.5) is 13.2 Å². The van der Waals surface area contributed by atoms with Crippen molar-refractivity contribution in [1.29, 1.82) is 0 Å². The summed E-state index contributed by atoms with van der Waals surface area (Å²) in [6, 6.07) is 6.79. The van der Waals surface area contributed by atoms with E-state index in [9.17, 15) is 18.0 Å². The number of likely N-dealkylation sites (tertiary alicyclic amines) is 1. The maximum Gasteiger partial charge on any atom is 0.406 e. The summed E-state index contributed by atoms with van der Waals surface area (Å²) in [5, 5.41) is 4.30. The van der Waals surface area contributed by atoms with Crippen LogP contribution < -0.4 is 0 Å². The summed E-state index contributed by atoms with van der Waals surface area (Å²) in [5.41, 5.74) is 0.629. The minimum atomic E-state index is -4.43. The van der Waals surface area contributed by atoms with Crippen molar-refractivity contribution in [3.8, 4) is 11.4 Å². The van der Waals surface area contributed by atoms with Gasteiger partial charge in [0.25, 0.3) is 0 Å². The smallest absolute Gasteiger partial charge is 0.339 e. The molecule has 0 spiro atoms. The van der Waals surface area contributed by atoms with E-state index < -0.39 is 24.5 Å². The largest absolute Gasteiger partial charge is 0.406 e. The topological polar surface area (TPSA) is 59.2 Å².